The van der Waals surface area contributed by atoms with Crippen LogP contribution in [-0.4, -0.2) is 53.9 Å². The first kappa shape index (κ1) is 19.4. The second kappa shape index (κ2) is 10.2. The highest BCUT2D eigenvalue weighted by Gasteiger charge is 2.29. The molecule has 1 fully saturated rings. The molecule has 1 aromatic heterocycles. The molecule has 6 nitrogen and oxygen atoms in total. The van der Waals surface area contributed by atoms with E-state index in [-0.39, 0.29) is 30.6 Å². The van der Waals surface area contributed by atoms with Crippen molar-refractivity contribution in [1.82, 2.24) is 20.5 Å². The Hall–Kier alpha value is -1.66. The molecule has 2 heterocycles. The van der Waals surface area contributed by atoms with Crippen LogP contribution in [0, 0.1) is 0 Å². The maximum Gasteiger partial charge on any atom is 0.240 e. The number of pyridine rings is 1. The fourth-order valence-electron chi connectivity index (χ4n) is 2.58. The monoisotopic (exact) mass is 340 g/mol. The normalized spacial score (nSPS) is 17.5. The van der Waals surface area contributed by atoms with Crippen molar-refractivity contribution in [3.63, 3.8) is 0 Å². The lowest BCUT2D eigenvalue weighted by atomic mass is 10.1. The fourth-order valence-corrected chi connectivity index (χ4v) is 2.58. The molecule has 0 spiro atoms. The molecule has 1 aliphatic heterocycles. The second-order valence-electron chi connectivity index (χ2n) is 5.46. The van der Waals surface area contributed by atoms with Crippen LogP contribution in [-0.2, 0) is 16.0 Å². The first-order chi connectivity index (χ1) is 10.7. The van der Waals surface area contributed by atoms with E-state index in [1.165, 1.54) is 0 Å². The maximum absolute atomic E-state index is 12.2. The lowest BCUT2D eigenvalue weighted by Crippen LogP contribution is -2.56. The van der Waals surface area contributed by atoms with Crippen LogP contribution in [0.5, 0.6) is 0 Å². The van der Waals surface area contributed by atoms with E-state index in [4.69, 9.17) is 0 Å². The van der Waals surface area contributed by atoms with Gasteiger partial charge >= 0.3 is 0 Å². The number of rotatable bonds is 7. The average molecular weight is 341 g/mol. The molecule has 1 aliphatic rings. The number of hydrogen-bond acceptors (Lipinski definition) is 4. The molecule has 2 N–H and O–H groups in total. The predicted molar refractivity (Wildman–Crippen MR) is 91.5 cm³/mol. The molecule has 7 heteroatoms. The third-order valence-electron chi connectivity index (χ3n) is 3.69. The topological polar surface area (TPSA) is 74.3 Å². The van der Waals surface area contributed by atoms with Gasteiger partial charge in [0.1, 0.15) is 0 Å². The van der Waals surface area contributed by atoms with Crippen LogP contribution < -0.4 is 10.6 Å². The summed E-state index contributed by atoms with van der Waals surface area (Å²) < 4.78 is 0. The van der Waals surface area contributed by atoms with Crippen LogP contribution in [0.4, 0.5) is 0 Å². The van der Waals surface area contributed by atoms with E-state index in [0.717, 1.165) is 31.7 Å². The summed E-state index contributed by atoms with van der Waals surface area (Å²) in [6.07, 6.45) is 3.57. The summed E-state index contributed by atoms with van der Waals surface area (Å²) in [6, 6.07) is 5.33. The molecule has 0 aromatic carbocycles. The van der Waals surface area contributed by atoms with E-state index in [2.05, 4.69) is 22.5 Å². The molecular formula is C16H25ClN4O2. The smallest absolute Gasteiger partial charge is 0.240 e. The largest absolute Gasteiger partial charge is 0.356 e. The van der Waals surface area contributed by atoms with Crippen molar-refractivity contribution in [3.05, 3.63) is 30.1 Å². The van der Waals surface area contributed by atoms with Crippen LogP contribution in [0.3, 0.4) is 0 Å². The molecule has 23 heavy (non-hydrogen) atoms. The van der Waals surface area contributed by atoms with Gasteiger partial charge in [0, 0.05) is 44.5 Å². The van der Waals surface area contributed by atoms with Crippen molar-refractivity contribution >= 4 is 24.2 Å². The number of piperazine rings is 1. The third-order valence-corrected chi connectivity index (χ3v) is 3.69. The third kappa shape index (κ3) is 6.15. The number of halogens is 1. The van der Waals surface area contributed by atoms with Crippen molar-refractivity contribution in [3.8, 4) is 0 Å². The Morgan fingerprint density at radius 3 is 3.00 bits per heavy atom. The first-order valence-corrected chi connectivity index (χ1v) is 7.89. The van der Waals surface area contributed by atoms with Crippen molar-refractivity contribution < 1.29 is 9.59 Å². The summed E-state index contributed by atoms with van der Waals surface area (Å²) in [7, 11) is 0. The molecule has 0 aliphatic carbocycles. The molecule has 1 atom stereocenters. The van der Waals surface area contributed by atoms with Gasteiger partial charge in [0.2, 0.25) is 11.8 Å². The van der Waals surface area contributed by atoms with Crippen LogP contribution in [0.2, 0.25) is 0 Å². The summed E-state index contributed by atoms with van der Waals surface area (Å²) in [4.78, 5) is 30.2. The number of nitrogens with one attached hydrogen (secondary N) is 2. The quantitative estimate of drug-likeness (QED) is 0.768. The van der Waals surface area contributed by atoms with Gasteiger partial charge in [-0.3, -0.25) is 14.6 Å². The SMILES string of the molecule is CCCN1CCNC(CC(=O)NCCc2ccccn2)C1=O.Cl. The number of aromatic nitrogens is 1. The highest BCUT2D eigenvalue weighted by Crippen LogP contribution is 2.06. The minimum absolute atomic E-state index is 0. The van der Waals surface area contributed by atoms with Crippen LogP contribution >= 0.6 is 12.4 Å². The van der Waals surface area contributed by atoms with Gasteiger partial charge in [-0.15, -0.1) is 12.4 Å². The van der Waals surface area contributed by atoms with E-state index in [1.54, 1.807) is 6.20 Å². The maximum atomic E-state index is 12.2. The fraction of sp³-hybridized carbons (Fsp3) is 0.562. The Bertz CT molecular complexity index is 496. The number of nitrogens with zero attached hydrogens (tertiary/aromatic N) is 2. The van der Waals surface area contributed by atoms with E-state index >= 15 is 0 Å². The summed E-state index contributed by atoms with van der Waals surface area (Å²) in [5.41, 5.74) is 0.948. The Labute approximate surface area is 143 Å². The summed E-state index contributed by atoms with van der Waals surface area (Å²) in [6.45, 7) is 4.82. The van der Waals surface area contributed by atoms with E-state index in [9.17, 15) is 9.59 Å². The first-order valence-electron chi connectivity index (χ1n) is 7.89. The average Bonchev–Trinajstić information content (AvgIpc) is 2.52. The van der Waals surface area contributed by atoms with Gasteiger partial charge in [-0.05, 0) is 18.6 Å². The van der Waals surface area contributed by atoms with Crippen molar-refractivity contribution in [2.75, 3.05) is 26.2 Å². The van der Waals surface area contributed by atoms with E-state index in [1.807, 2.05) is 23.1 Å². The molecule has 2 rings (SSSR count). The predicted octanol–water partition coefficient (Wildman–Crippen LogP) is 0.763. The lowest BCUT2D eigenvalue weighted by Gasteiger charge is -2.32. The highest BCUT2D eigenvalue weighted by atomic mass is 35.5. The zero-order valence-electron chi connectivity index (χ0n) is 13.5. The Balaban J connectivity index is 0.00000264. The van der Waals surface area contributed by atoms with Gasteiger partial charge in [-0.2, -0.15) is 0 Å². The van der Waals surface area contributed by atoms with Crippen molar-refractivity contribution in [1.29, 1.82) is 0 Å². The van der Waals surface area contributed by atoms with Gasteiger partial charge in [0.05, 0.1) is 12.5 Å². The molecule has 0 radical (unpaired) electrons. The molecule has 1 unspecified atom stereocenters. The molecule has 1 saturated heterocycles. The Kier molecular flexibility index (Phi) is 8.58. The zero-order valence-corrected chi connectivity index (χ0v) is 14.3. The van der Waals surface area contributed by atoms with Gasteiger partial charge in [0.15, 0.2) is 0 Å². The van der Waals surface area contributed by atoms with Gasteiger partial charge in [0.25, 0.3) is 0 Å². The number of hydrogen-bond donors (Lipinski definition) is 2. The highest BCUT2D eigenvalue weighted by molar-refractivity contribution is 5.88. The molecule has 0 saturated carbocycles. The minimum Gasteiger partial charge on any atom is -0.356 e. The molecular weight excluding hydrogens is 316 g/mol. The molecule has 2 amide bonds. The van der Waals surface area contributed by atoms with Gasteiger partial charge in [-0.25, -0.2) is 0 Å². The standard InChI is InChI=1S/C16H24N4O2.ClH/c1-2-10-20-11-9-18-14(16(20)22)12-15(21)19-8-6-13-5-3-4-7-17-13;/h3-5,7,14,18H,2,6,8-12H2,1H3,(H,19,21);1H. The van der Waals surface area contributed by atoms with Gasteiger partial charge in [-0.1, -0.05) is 13.0 Å². The minimum atomic E-state index is -0.393. The van der Waals surface area contributed by atoms with Crippen LogP contribution in [0.1, 0.15) is 25.5 Å². The Morgan fingerprint density at radius 2 is 2.30 bits per heavy atom. The molecule has 0 bridgehead atoms. The van der Waals surface area contributed by atoms with E-state index < -0.39 is 6.04 Å². The molecule has 128 valence electrons. The lowest BCUT2D eigenvalue weighted by molar-refractivity contribution is -0.138. The van der Waals surface area contributed by atoms with Crippen LogP contribution in [0.25, 0.3) is 0 Å². The van der Waals surface area contributed by atoms with Gasteiger partial charge < -0.3 is 15.5 Å². The summed E-state index contributed by atoms with van der Waals surface area (Å²) >= 11 is 0. The number of amides is 2. The second-order valence-corrected chi connectivity index (χ2v) is 5.46. The number of carbonyl (C=O) groups is 2. The van der Waals surface area contributed by atoms with Crippen molar-refractivity contribution in [2.45, 2.75) is 32.2 Å². The Morgan fingerprint density at radius 1 is 1.48 bits per heavy atom. The van der Waals surface area contributed by atoms with E-state index in [0.29, 0.717) is 13.0 Å². The summed E-state index contributed by atoms with van der Waals surface area (Å²) in [5, 5.41) is 5.99. The zero-order chi connectivity index (χ0) is 15.8. The number of carbonyl (C=O) groups excluding carboxylic acids is 2. The van der Waals surface area contributed by atoms with Crippen LogP contribution in [0.15, 0.2) is 24.4 Å². The summed E-state index contributed by atoms with van der Waals surface area (Å²) in [5.74, 6) is -0.0619. The molecule has 1 aromatic rings. The van der Waals surface area contributed by atoms with Crippen molar-refractivity contribution in [2.24, 2.45) is 0 Å².